The number of nitrogens with zero attached hydrogens (tertiary/aromatic N) is 2. The van der Waals surface area contributed by atoms with Gasteiger partial charge >= 0.3 is 0 Å². The van der Waals surface area contributed by atoms with Crippen molar-refractivity contribution in [2.24, 2.45) is 0 Å². The second-order valence-electron chi connectivity index (χ2n) is 9.33. The molecular weight excluding hydrogens is 412 g/mol. The van der Waals surface area contributed by atoms with E-state index in [2.05, 4.69) is 25.8 Å². The van der Waals surface area contributed by atoms with Crippen LogP contribution in [0, 0.1) is 0 Å². The second kappa shape index (κ2) is 9.02. The van der Waals surface area contributed by atoms with E-state index >= 15 is 0 Å². The lowest BCUT2D eigenvalue weighted by atomic mass is 9.87. The maximum atomic E-state index is 13.3. The first-order valence-electron chi connectivity index (χ1n) is 11.1. The topological polar surface area (TPSA) is 70.5 Å². The molecule has 1 unspecified atom stereocenters. The van der Waals surface area contributed by atoms with Gasteiger partial charge in [0.15, 0.2) is 11.5 Å². The summed E-state index contributed by atoms with van der Waals surface area (Å²) in [5.74, 6) is -1.28. The fraction of sp³-hybridized carbons (Fsp3) is 0.250. The predicted octanol–water partition coefficient (Wildman–Crippen LogP) is 5.48. The van der Waals surface area contributed by atoms with Crippen molar-refractivity contribution in [1.82, 2.24) is 4.98 Å². The zero-order chi connectivity index (χ0) is 23.6. The molecule has 1 amide bonds. The van der Waals surface area contributed by atoms with Crippen LogP contribution in [0.15, 0.2) is 90.5 Å². The highest BCUT2D eigenvalue weighted by Gasteiger charge is 2.44. The summed E-state index contributed by atoms with van der Waals surface area (Å²) in [6.07, 6.45) is 3.99. The number of aryl methyl sites for hydroxylation is 1. The molecular formula is C28H28N2O3. The maximum Gasteiger partial charge on any atom is 0.294 e. The number of ketones is 1. The molecule has 1 atom stereocenters. The number of rotatable bonds is 6. The van der Waals surface area contributed by atoms with Crippen LogP contribution in [-0.2, 0) is 21.4 Å². The van der Waals surface area contributed by atoms with Gasteiger partial charge in [0.1, 0.15) is 0 Å². The molecule has 5 heteroatoms. The third kappa shape index (κ3) is 4.58. The lowest BCUT2D eigenvalue weighted by Crippen LogP contribution is -2.31. The number of hydrogen-bond donors (Lipinski definition) is 1. The van der Waals surface area contributed by atoms with Gasteiger partial charge in [-0.05, 0) is 52.8 Å². The van der Waals surface area contributed by atoms with E-state index in [0.29, 0.717) is 12.1 Å². The molecule has 33 heavy (non-hydrogen) atoms. The molecule has 0 aliphatic carbocycles. The van der Waals surface area contributed by atoms with E-state index < -0.39 is 17.7 Å². The largest absolute Gasteiger partial charge is 0.503 e. The SMILES string of the molecule is CC(C)(C)c1ccc(N2C(=O)C(O)=C(C(=O)CCc3ccccc3)C2c2ccncc2)cc1. The van der Waals surface area contributed by atoms with Gasteiger partial charge in [-0.15, -0.1) is 0 Å². The zero-order valence-electron chi connectivity index (χ0n) is 19.2. The van der Waals surface area contributed by atoms with E-state index in [1.807, 2.05) is 54.6 Å². The standard InChI is InChI=1S/C28H28N2O3/c1-28(2,3)21-10-12-22(13-11-21)30-25(20-15-17-29-18-16-20)24(26(32)27(30)33)23(31)14-9-19-7-5-4-6-8-19/h4-8,10-13,15-18,25,32H,9,14H2,1-3H3. The van der Waals surface area contributed by atoms with E-state index in [0.717, 1.165) is 16.7 Å². The molecule has 5 nitrogen and oxygen atoms in total. The van der Waals surface area contributed by atoms with Crippen molar-refractivity contribution >= 4 is 17.4 Å². The summed E-state index contributed by atoms with van der Waals surface area (Å²) < 4.78 is 0. The van der Waals surface area contributed by atoms with E-state index in [1.54, 1.807) is 24.5 Å². The molecule has 1 aliphatic heterocycles. The number of aromatic nitrogens is 1. The summed E-state index contributed by atoms with van der Waals surface area (Å²) in [6.45, 7) is 6.37. The molecule has 2 aromatic carbocycles. The van der Waals surface area contributed by atoms with Gasteiger partial charge in [-0.25, -0.2) is 0 Å². The minimum atomic E-state index is -0.704. The third-order valence-corrected chi connectivity index (χ3v) is 6.03. The fourth-order valence-electron chi connectivity index (χ4n) is 4.18. The summed E-state index contributed by atoms with van der Waals surface area (Å²) in [5.41, 5.74) is 3.64. The number of aliphatic hydroxyl groups excluding tert-OH is 1. The van der Waals surface area contributed by atoms with E-state index in [1.165, 1.54) is 4.90 Å². The predicted molar refractivity (Wildman–Crippen MR) is 129 cm³/mol. The van der Waals surface area contributed by atoms with Crippen molar-refractivity contribution in [3.8, 4) is 0 Å². The van der Waals surface area contributed by atoms with Crippen molar-refractivity contribution in [2.45, 2.75) is 45.1 Å². The molecule has 1 N–H and O–H groups in total. The Balaban J connectivity index is 1.70. The Morgan fingerprint density at radius 1 is 0.970 bits per heavy atom. The molecule has 0 saturated heterocycles. The summed E-state index contributed by atoms with van der Waals surface area (Å²) in [7, 11) is 0. The van der Waals surface area contributed by atoms with Gasteiger partial charge in [-0.3, -0.25) is 19.5 Å². The minimum Gasteiger partial charge on any atom is -0.503 e. The summed E-state index contributed by atoms with van der Waals surface area (Å²) in [4.78, 5) is 32.1. The monoisotopic (exact) mass is 440 g/mol. The number of carbonyl (C=O) groups is 2. The third-order valence-electron chi connectivity index (χ3n) is 6.03. The molecule has 3 aromatic rings. The smallest absolute Gasteiger partial charge is 0.294 e. The first-order valence-corrected chi connectivity index (χ1v) is 11.1. The summed E-state index contributed by atoms with van der Waals surface area (Å²) in [6, 6.07) is 20.3. The van der Waals surface area contributed by atoms with Crippen LogP contribution in [0.5, 0.6) is 0 Å². The summed E-state index contributed by atoms with van der Waals surface area (Å²) >= 11 is 0. The Labute approximate surface area is 194 Å². The molecule has 168 valence electrons. The Kier molecular flexibility index (Phi) is 6.14. The molecule has 0 spiro atoms. The van der Waals surface area contributed by atoms with Gasteiger partial charge in [0.25, 0.3) is 5.91 Å². The number of aliphatic hydroxyl groups is 1. The van der Waals surface area contributed by atoms with E-state index in [9.17, 15) is 14.7 Å². The highest BCUT2D eigenvalue weighted by atomic mass is 16.3. The number of hydrogen-bond acceptors (Lipinski definition) is 4. The van der Waals surface area contributed by atoms with E-state index in [4.69, 9.17) is 0 Å². The molecule has 2 heterocycles. The minimum absolute atomic E-state index is 0.0308. The van der Waals surface area contributed by atoms with Crippen LogP contribution in [0.2, 0.25) is 0 Å². The van der Waals surface area contributed by atoms with E-state index in [-0.39, 0.29) is 23.2 Å². The quantitative estimate of drug-likeness (QED) is 0.551. The van der Waals surface area contributed by atoms with Crippen molar-refractivity contribution in [3.63, 3.8) is 0 Å². The normalized spacial score (nSPS) is 16.4. The molecule has 1 aromatic heterocycles. The maximum absolute atomic E-state index is 13.3. The van der Waals surface area contributed by atoms with Gasteiger partial charge in [0.05, 0.1) is 11.6 Å². The van der Waals surface area contributed by atoms with Crippen molar-refractivity contribution in [1.29, 1.82) is 0 Å². The van der Waals surface area contributed by atoms with Crippen LogP contribution in [-0.4, -0.2) is 21.8 Å². The van der Waals surface area contributed by atoms with Gasteiger partial charge < -0.3 is 5.11 Å². The van der Waals surface area contributed by atoms with Gasteiger partial charge in [-0.2, -0.15) is 0 Å². The lowest BCUT2D eigenvalue weighted by molar-refractivity contribution is -0.118. The van der Waals surface area contributed by atoms with Gasteiger partial charge in [-0.1, -0.05) is 63.2 Å². The average Bonchev–Trinajstić information content (AvgIpc) is 3.09. The van der Waals surface area contributed by atoms with Gasteiger partial charge in [0, 0.05) is 24.5 Å². The van der Waals surface area contributed by atoms with Gasteiger partial charge in [0.2, 0.25) is 0 Å². The Morgan fingerprint density at radius 3 is 2.21 bits per heavy atom. The van der Waals surface area contributed by atoms with Crippen LogP contribution in [0.25, 0.3) is 0 Å². The first-order chi connectivity index (χ1) is 15.8. The number of carbonyl (C=O) groups excluding carboxylic acids is 2. The molecule has 4 rings (SSSR count). The second-order valence-corrected chi connectivity index (χ2v) is 9.33. The number of pyridine rings is 1. The van der Waals surface area contributed by atoms with Crippen LogP contribution in [0.1, 0.15) is 49.9 Å². The van der Waals surface area contributed by atoms with Crippen LogP contribution in [0.3, 0.4) is 0 Å². The number of Topliss-reactive ketones (excluding diaryl/α,β-unsaturated/α-hetero) is 1. The summed E-state index contributed by atoms with van der Waals surface area (Å²) in [5, 5.41) is 10.8. The highest BCUT2D eigenvalue weighted by Crippen LogP contribution is 2.41. The van der Waals surface area contributed by atoms with Crippen LogP contribution < -0.4 is 4.90 Å². The lowest BCUT2D eigenvalue weighted by Gasteiger charge is -2.28. The fourth-order valence-corrected chi connectivity index (χ4v) is 4.18. The van der Waals surface area contributed by atoms with Crippen LogP contribution in [0.4, 0.5) is 5.69 Å². The van der Waals surface area contributed by atoms with Crippen molar-refractivity contribution in [3.05, 3.63) is 107 Å². The molecule has 1 aliphatic rings. The Bertz CT molecular complexity index is 1180. The Hall–Kier alpha value is -3.73. The van der Waals surface area contributed by atoms with Crippen molar-refractivity contribution in [2.75, 3.05) is 4.90 Å². The first kappa shape index (κ1) is 22.5. The number of benzene rings is 2. The highest BCUT2D eigenvalue weighted by molar-refractivity contribution is 6.16. The van der Waals surface area contributed by atoms with Crippen molar-refractivity contribution < 1.29 is 14.7 Å². The number of anilines is 1. The average molecular weight is 441 g/mol. The molecule has 0 saturated carbocycles. The van der Waals surface area contributed by atoms with Crippen LogP contribution >= 0.6 is 0 Å². The Morgan fingerprint density at radius 2 is 1.61 bits per heavy atom. The molecule has 0 fully saturated rings. The molecule has 0 radical (unpaired) electrons. The molecule has 0 bridgehead atoms. The number of amides is 1. The zero-order valence-corrected chi connectivity index (χ0v) is 19.2.